The fourth-order valence-electron chi connectivity index (χ4n) is 1.99. The molecule has 1 N–H and O–H groups in total. The predicted molar refractivity (Wildman–Crippen MR) is 81.3 cm³/mol. The fourth-order valence-corrected chi connectivity index (χ4v) is 1.99. The number of hydrogen-bond donors (Lipinski definition) is 1. The topological polar surface area (TPSA) is 36.4 Å². The third-order valence-electron chi connectivity index (χ3n) is 3.29. The normalized spacial score (nSPS) is 11.3. The van der Waals surface area contributed by atoms with E-state index >= 15 is 0 Å². The zero-order chi connectivity index (χ0) is 14.3. The van der Waals surface area contributed by atoms with Crippen molar-refractivity contribution in [3.63, 3.8) is 0 Å². The van der Waals surface area contributed by atoms with Crippen LogP contribution in [-0.4, -0.2) is 23.2 Å². The SMILES string of the molecule is CC(C)CCN(CCC(C)C)c1ncccc1CO. The molecule has 0 saturated carbocycles. The number of aromatic nitrogens is 1. The summed E-state index contributed by atoms with van der Waals surface area (Å²) in [6.07, 6.45) is 4.12. The molecule has 1 rings (SSSR count). The van der Waals surface area contributed by atoms with E-state index in [4.69, 9.17) is 0 Å². The molecule has 1 aromatic rings. The highest BCUT2D eigenvalue weighted by atomic mass is 16.3. The van der Waals surface area contributed by atoms with Gasteiger partial charge in [-0.25, -0.2) is 4.98 Å². The molecule has 0 bridgehead atoms. The summed E-state index contributed by atoms with van der Waals surface area (Å²) >= 11 is 0. The van der Waals surface area contributed by atoms with E-state index in [0.717, 1.165) is 37.3 Å². The van der Waals surface area contributed by atoms with Crippen LogP contribution in [0.25, 0.3) is 0 Å². The first kappa shape index (κ1) is 16.0. The first-order valence-electron chi connectivity index (χ1n) is 7.34. The maximum Gasteiger partial charge on any atom is 0.134 e. The Hall–Kier alpha value is -1.09. The standard InChI is InChI=1S/C16H28N2O/c1-13(2)7-10-18(11-8-14(3)4)16-15(12-19)6-5-9-17-16/h5-6,9,13-14,19H,7-8,10-12H2,1-4H3. The lowest BCUT2D eigenvalue weighted by Crippen LogP contribution is -2.29. The molecule has 0 radical (unpaired) electrons. The van der Waals surface area contributed by atoms with Crippen LogP contribution in [0.15, 0.2) is 18.3 Å². The quantitative estimate of drug-likeness (QED) is 0.781. The van der Waals surface area contributed by atoms with Crippen LogP contribution >= 0.6 is 0 Å². The van der Waals surface area contributed by atoms with Gasteiger partial charge < -0.3 is 10.0 Å². The minimum atomic E-state index is 0.0586. The first-order chi connectivity index (χ1) is 9.04. The number of pyridine rings is 1. The fraction of sp³-hybridized carbons (Fsp3) is 0.688. The molecule has 3 heteroatoms. The lowest BCUT2D eigenvalue weighted by molar-refractivity contribution is 0.281. The summed E-state index contributed by atoms with van der Waals surface area (Å²) in [5, 5.41) is 9.46. The summed E-state index contributed by atoms with van der Waals surface area (Å²) in [6, 6.07) is 3.85. The van der Waals surface area contributed by atoms with Crippen molar-refractivity contribution in [2.45, 2.75) is 47.1 Å². The average molecular weight is 264 g/mol. The van der Waals surface area contributed by atoms with Crippen LogP contribution in [0.1, 0.15) is 46.1 Å². The smallest absolute Gasteiger partial charge is 0.134 e. The van der Waals surface area contributed by atoms with Crippen LogP contribution in [0, 0.1) is 11.8 Å². The highest BCUT2D eigenvalue weighted by Crippen LogP contribution is 2.19. The Labute approximate surface area is 117 Å². The van der Waals surface area contributed by atoms with Crippen molar-refractivity contribution >= 4 is 5.82 Å². The van der Waals surface area contributed by atoms with E-state index in [0.29, 0.717) is 11.8 Å². The van der Waals surface area contributed by atoms with Crippen LogP contribution < -0.4 is 4.90 Å². The van der Waals surface area contributed by atoms with Gasteiger partial charge in [-0.3, -0.25) is 0 Å². The first-order valence-corrected chi connectivity index (χ1v) is 7.34. The molecule has 0 amide bonds. The Bertz CT molecular complexity index is 352. The minimum absolute atomic E-state index is 0.0586. The zero-order valence-electron chi connectivity index (χ0n) is 12.8. The van der Waals surface area contributed by atoms with Gasteiger partial charge in [0.1, 0.15) is 5.82 Å². The van der Waals surface area contributed by atoms with Gasteiger partial charge in [-0.05, 0) is 30.7 Å². The molecule has 108 valence electrons. The number of hydrogen-bond acceptors (Lipinski definition) is 3. The Morgan fingerprint density at radius 1 is 1.11 bits per heavy atom. The van der Waals surface area contributed by atoms with Crippen molar-refractivity contribution < 1.29 is 5.11 Å². The molecular weight excluding hydrogens is 236 g/mol. The van der Waals surface area contributed by atoms with Crippen LogP contribution in [-0.2, 0) is 6.61 Å². The number of rotatable bonds is 8. The second-order valence-electron chi connectivity index (χ2n) is 6.00. The van der Waals surface area contributed by atoms with Gasteiger partial charge in [-0.2, -0.15) is 0 Å². The molecule has 0 fully saturated rings. The summed E-state index contributed by atoms with van der Waals surface area (Å²) in [4.78, 5) is 6.80. The molecule has 0 aliphatic heterocycles. The number of aliphatic hydroxyl groups excluding tert-OH is 1. The van der Waals surface area contributed by atoms with Gasteiger partial charge in [0, 0.05) is 24.8 Å². The molecule has 19 heavy (non-hydrogen) atoms. The molecular formula is C16H28N2O. The van der Waals surface area contributed by atoms with E-state index in [2.05, 4.69) is 37.6 Å². The molecule has 0 spiro atoms. The molecule has 1 heterocycles. The Morgan fingerprint density at radius 2 is 1.68 bits per heavy atom. The van der Waals surface area contributed by atoms with Gasteiger partial charge in [0.15, 0.2) is 0 Å². The molecule has 1 aromatic heterocycles. The van der Waals surface area contributed by atoms with Gasteiger partial charge >= 0.3 is 0 Å². The maximum atomic E-state index is 9.46. The summed E-state index contributed by atoms with van der Waals surface area (Å²) in [5.74, 6) is 2.32. The van der Waals surface area contributed by atoms with Crippen LogP contribution in [0.5, 0.6) is 0 Å². The van der Waals surface area contributed by atoms with Gasteiger partial charge in [-0.15, -0.1) is 0 Å². The van der Waals surface area contributed by atoms with Gasteiger partial charge in [0.2, 0.25) is 0 Å². The third kappa shape index (κ3) is 5.60. The predicted octanol–water partition coefficient (Wildman–Crippen LogP) is 3.47. The molecule has 0 aliphatic carbocycles. The maximum absolute atomic E-state index is 9.46. The second-order valence-corrected chi connectivity index (χ2v) is 6.00. The summed E-state index contributed by atoms with van der Waals surface area (Å²) in [7, 11) is 0. The highest BCUT2D eigenvalue weighted by molar-refractivity contribution is 5.46. The minimum Gasteiger partial charge on any atom is -0.392 e. The summed E-state index contributed by atoms with van der Waals surface area (Å²) in [5.41, 5.74) is 0.926. The average Bonchev–Trinajstić information content (AvgIpc) is 2.38. The second kappa shape index (κ2) is 8.16. The van der Waals surface area contributed by atoms with E-state index in [9.17, 15) is 5.11 Å². The monoisotopic (exact) mass is 264 g/mol. The van der Waals surface area contributed by atoms with Crippen molar-refractivity contribution in [2.75, 3.05) is 18.0 Å². The van der Waals surface area contributed by atoms with Crippen molar-refractivity contribution in [1.29, 1.82) is 0 Å². The third-order valence-corrected chi connectivity index (χ3v) is 3.29. The van der Waals surface area contributed by atoms with E-state index in [1.165, 1.54) is 0 Å². The van der Waals surface area contributed by atoms with E-state index in [1.54, 1.807) is 0 Å². The van der Waals surface area contributed by atoms with Crippen molar-refractivity contribution in [1.82, 2.24) is 4.98 Å². The molecule has 0 aromatic carbocycles. The zero-order valence-corrected chi connectivity index (χ0v) is 12.8. The number of aliphatic hydroxyl groups is 1. The van der Waals surface area contributed by atoms with Crippen molar-refractivity contribution in [3.05, 3.63) is 23.9 Å². The van der Waals surface area contributed by atoms with E-state index in [-0.39, 0.29) is 6.61 Å². The Balaban J connectivity index is 2.81. The number of nitrogens with zero attached hydrogens (tertiary/aromatic N) is 2. The summed E-state index contributed by atoms with van der Waals surface area (Å²) in [6.45, 7) is 11.0. The molecule has 0 unspecified atom stereocenters. The largest absolute Gasteiger partial charge is 0.392 e. The summed E-state index contributed by atoms with van der Waals surface area (Å²) < 4.78 is 0. The van der Waals surface area contributed by atoms with Gasteiger partial charge in [-0.1, -0.05) is 33.8 Å². The van der Waals surface area contributed by atoms with Gasteiger partial charge in [0.05, 0.1) is 6.61 Å². The van der Waals surface area contributed by atoms with E-state index < -0.39 is 0 Å². The van der Waals surface area contributed by atoms with Crippen LogP contribution in [0.4, 0.5) is 5.82 Å². The lowest BCUT2D eigenvalue weighted by Gasteiger charge is -2.27. The molecule has 0 aliphatic rings. The van der Waals surface area contributed by atoms with E-state index in [1.807, 2.05) is 18.3 Å². The lowest BCUT2D eigenvalue weighted by atomic mass is 10.1. The number of anilines is 1. The van der Waals surface area contributed by atoms with Crippen molar-refractivity contribution in [3.8, 4) is 0 Å². The van der Waals surface area contributed by atoms with Gasteiger partial charge in [0.25, 0.3) is 0 Å². The Morgan fingerprint density at radius 3 is 2.16 bits per heavy atom. The highest BCUT2D eigenvalue weighted by Gasteiger charge is 2.13. The molecule has 0 saturated heterocycles. The Kier molecular flexibility index (Phi) is 6.85. The molecule has 0 atom stereocenters. The van der Waals surface area contributed by atoms with Crippen LogP contribution in [0.3, 0.4) is 0 Å². The van der Waals surface area contributed by atoms with Crippen molar-refractivity contribution in [2.24, 2.45) is 11.8 Å². The molecule has 3 nitrogen and oxygen atoms in total. The van der Waals surface area contributed by atoms with Crippen LogP contribution in [0.2, 0.25) is 0 Å².